The van der Waals surface area contributed by atoms with E-state index < -0.39 is 5.92 Å². The summed E-state index contributed by atoms with van der Waals surface area (Å²) < 4.78 is 2.32. The maximum absolute atomic E-state index is 13.7. The first-order valence-electron chi connectivity index (χ1n) is 28.6. The fourth-order valence-electron chi connectivity index (χ4n) is 12.2. The number of allylic oxidation sites excluding steroid dienone is 6. The van der Waals surface area contributed by atoms with E-state index in [0.717, 1.165) is 54.7 Å². The number of hydrogen-bond acceptors (Lipinski definition) is 3. The van der Waals surface area contributed by atoms with Crippen LogP contribution in [-0.4, -0.2) is 34.3 Å². The van der Waals surface area contributed by atoms with Crippen molar-refractivity contribution in [1.29, 1.82) is 0 Å². The Morgan fingerprint density at radius 3 is 1.40 bits per heavy atom. The van der Waals surface area contributed by atoms with Crippen molar-refractivity contribution in [2.75, 3.05) is 18.0 Å². The van der Waals surface area contributed by atoms with Gasteiger partial charge in [-0.25, -0.2) is 0 Å². The summed E-state index contributed by atoms with van der Waals surface area (Å²) in [5.74, 6) is 1.62. The van der Waals surface area contributed by atoms with E-state index in [0.29, 0.717) is 5.57 Å². The van der Waals surface area contributed by atoms with E-state index >= 15 is 0 Å². The average Bonchev–Trinajstić information content (AvgIpc) is 3.38. The summed E-state index contributed by atoms with van der Waals surface area (Å²) in [6.45, 7) is 6.06. The van der Waals surface area contributed by atoms with Crippen molar-refractivity contribution in [2.45, 2.75) is 206 Å². The topological polar surface area (TPSA) is 43.5 Å². The predicted octanol–water partition coefficient (Wildman–Crippen LogP) is 18.1. The van der Waals surface area contributed by atoms with Gasteiger partial charge in [0.05, 0.1) is 11.5 Å². The van der Waals surface area contributed by atoms with Gasteiger partial charge in [-0.15, -0.1) is 0 Å². The zero-order valence-corrected chi connectivity index (χ0v) is 42.9. The summed E-state index contributed by atoms with van der Waals surface area (Å²) >= 11 is 0. The van der Waals surface area contributed by atoms with Gasteiger partial charge in [-0.05, 0) is 92.3 Å². The molecule has 4 heteroatoms. The van der Waals surface area contributed by atoms with Crippen molar-refractivity contribution in [3.05, 3.63) is 120 Å². The molecule has 1 atom stereocenters. The molecule has 4 aliphatic carbocycles. The molecule has 68 heavy (non-hydrogen) atoms. The van der Waals surface area contributed by atoms with E-state index in [1.54, 1.807) is 0 Å². The van der Waals surface area contributed by atoms with E-state index in [-0.39, 0.29) is 17.5 Å². The molecular formula is C64H91N2O2+. The fraction of sp³-hybridized carbons (Fsp3) is 0.594. The lowest BCUT2D eigenvalue weighted by molar-refractivity contribution is -0.434. The molecule has 2 saturated carbocycles. The Bertz CT molecular complexity index is 2040. The van der Waals surface area contributed by atoms with Gasteiger partial charge in [-0.2, -0.15) is 4.58 Å². The number of aryl methyl sites for hydroxylation is 2. The lowest BCUT2D eigenvalue weighted by Gasteiger charge is -2.32. The summed E-state index contributed by atoms with van der Waals surface area (Å²) in [5, 5.41) is 11.3. The van der Waals surface area contributed by atoms with Crippen LogP contribution in [0.15, 0.2) is 103 Å². The Hall–Kier alpha value is -4.18. The lowest BCUT2D eigenvalue weighted by atomic mass is 9.71. The van der Waals surface area contributed by atoms with E-state index in [1.807, 2.05) is 12.1 Å². The molecule has 3 aromatic rings. The zero-order chi connectivity index (χ0) is 47.2. The molecule has 1 unspecified atom stereocenters. The summed E-state index contributed by atoms with van der Waals surface area (Å²) in [6, 6.07) is 26.4. The number of ketones is 1. The van der Waals surface area contributed by atoms with Crippen molar-refractivity contribution >= 4 is 34.1 Å². The first-order valence-corrected chi connectivity index (χ1v) is 28.6. The van der Waals surface area contributed by atoms with Gasteiger partial charge in [0, 0.05) is 48.1 Å². The molecule has 0 spiro atoms. The number of carbonyl (C=O) groups is 1. The largest absolute Gasteiger partial charge is 0.511 e. The van der Waals surface area contributed by atoms with Crippen molar-refractivity contribution in [1.82, 2.24) is 0 Å². The first kappa shape index (κ1) is 51.7. The minimum atomic E-state index is -0.528. The Morgan fingerprint density at radius 1 is 0.529 bits per heavy atom. The molecule has 0 amide bonds. The summed E-state index contributed by atoms with van der Waals surface area (Å²) in [5.41, 5.74) is 8.64. The number of aliphatic hydroxyl groups excluding tert-OH is 1. The Morgan fingerprint density at radius 2 is 0.956 bits per heavy atom. The second-order valence-corrected chi connectivity index (χ2v) is 21.4. The van der Waals surface area contributed by atoms with Crippen LogP contribution >= 0.6 is 0 Å². The minimum Gasteiger partial charge on any atom is -0.511 e. The van der Waals surface area contributed by atoms with E-state index in [2.05, 4.69) is 108 Å². The number of hydrogen-bond donors (Lipinski definition) is 1. The van der Waals surface area contributed by atoms with Gasteiger partial charge in [-0.1, -0.05) is 215 Å². The first-order chi connectivity index (χ1) is 33.5. The number of carbonyl (C=O) groups excluding carboxylic acids is 1. The van der Waals surface area contributed by atoms with Gasteiger partial charge in [0.2, 0.25) is 11.4 Å². The van der Waals surface area contributed by atoms with Crippen LogP contribution in [0.1, 0.15) is 210 Å². The Kier molecular flexibility index (Phi) is 21.6. The van der Waals surface area contributed by atoms with Crippen LogP contribution in [0.5, 0.6) is 0 Å². The molecule has 4 aliphatic rings. The quantitative estimate of drug-likeness (QED) is 0.0557. The molecule has 0 radical (unpaired) electrons. The molecular weight excluding hydrogens is 829 g/mol. The highest BCUT2D eigenvalue weighted by Crippen LogP contribution is 2.43. The molecule has 2 fully saturated rings. The van der Waals surface area contributed by atoms with Crippen LogP contribution in [0.4, 0.5) is 17.1 Å². The normalized spacial score (nSPS) is 18.9. The molecule has 0 heterocycles. The molecule has 1 N–H and O–H groups in total. The van der Waals surface area contributed by atoms with Crippen LogP contribution in [0.2, 0.25) is 0 Å². The standard InChI is InChI=1S/C64H90N2O2/c1-3-65(57-43-35-53(36-44-57)33-21-15-11-7-5-9-13-19-27-51-29-23-17-24-30-51)59-47-39-55(40-48-59)61-63(67)62(64(61)68)56-41-49-60(50-42-56)66(4-2)58-45-37-54(38-46-58)34-22-16-12-8-6-10-14-20-28-52-31-25-18-26-32-52/h35-52,55,61H,3-34H2,1-2H3/p+1. The number of anilines is 2. The van der Waals surface area contributed by atoms with Crippen molar-refractivity contribution in [3.63, 3.8) is 0 Å². The van der Waals surface area contributed by atoms with Crippen LogP contribution in [-0.2, 0) is 17.6 Å². The molecule has 4 nitrogen and oxygen atoms in total. The third-order valence-electron chi connectivity index (χ3n) is 16.5. The van der Waals surface area contributed by atoms with Crippen LogP contribution in [0.3, 0.4) is 0 Å². The summed E-state index contributed by atoms with van der Waals surface area (Å²) in [7, 11) is 0. The number of unbranched alkanes of at least 4 members (excludes halogenated alkanes) is 14. The summed E-state index contributed by atoms with van der Waals surface area (Å²) in [4.78, 5) is 16.0. The molecule has 0 aliphatic heterocycles. The lowest BCUT2D eigenvalue weighted by Crippen LogP contribution is -2.35. The highest BCUT2D eigenvalue weighted by Gasteiger charge is 2.44. The summed E-state index contributed by atoms with van der Waals surface area (Å²) in [6.07, 6.45) is 50.7. The second-order valence-electron chi connectivity index (χ2n) is 21.4. The van der Waals surface area contributed by atoms with Crippen molar-refractivity contribution in [3.8, 4) is 0 Å². The van der Waals surface area contributed by atoms with Crippen LogP contribution in [0.25, 0.3) is 5.57 Å². The molecule has 3 aromatic carbocycles. The monoisotopic (exact) mass is 920 g/mol. The number of Topliss-reactive ketones (excluding diaryl/α,β-unsaturated/α-hetero) is 1. The molecule has 0 bridgehead atoms. The number of aliphatic hydroxyl groups is 1. The van der Waals surface area contributed by atoms with Gasteiger partial charge in [0.25, 0.3) is 0 Å². The van der Waals surface area contributed by atoms with Gasteiger partial charge >= 0.3 is 0 Å². The van der Waals surface area contributed by atoms with E-state index in [1.165, 1.54) is 202 Å². The van der Waals surface area contributed by atoms with Gasteiger partial charge in [0.15, 0.2) is 5.78 Å². The maximum atomic E-state index is 13.7. The average molecular weight is 920 g/mol. The minimum absolute atomic E-state index is 0.0176. The number of nitrogens with zero attached hydrogens (tertiary/aromatic N) is 2. The number of benzene rings is 3. The van der Waals surface area contributed by atoms with Crippen LogP contribution in [0, 0.1) is 23.7 Å². The fourth-order valence-corrected chi connectivity index (χ4v) is 12.2. The zero-order valence-electron chi connectivity index (χ0n) is 42.9. The Balaban J connectivity index is 0.799. The highest BCUT2D eigenvalue weighted by molar-refractivity contribution is 6.30. The maximum Gasteiger partial charge on any atom is 0.205 e. The molecule has 0 aromatic heterocycles. The molecule has 0 saturated heterocycles. The molecule has 368 valence electrons. The smallest absolute Gasteiger partial charge is 0.205 e. The van der Waals surface area contributed by atoms with Gasteiger partial charge in [-0.3, -0.25) is 4.79 Å². The second kappa shape index (κ2) is 28.5. The van der Waals surface area contributed by atoms with Gasteiger partial charge < -0.3 is 10.0 Å². The third-order valence-corrected chi connectivity index (χ3v) is 16.5. The Labute approximate surface area is 414 Å². The SMILES string of the molecule is CCN(c1ccc(CCCCCCCCCCC2CCCCC2)cc1)c1ccc(C2=C(O)C(C3C=CC(=[N+](CC)c4ccc(CCCCCCCCCCC5CCCCC5)cc4)C=C3)C2=O)cc1. The highest BCUT2D eigenvalue weighted by atomic mass is 16.3. The molecule has 7 rings (SSSR count). The van der Waals surface area contributed by atoms with Gasteiger partial charge in [0.1, 0.15) is 12.3 Å². The van der Waals surface area contributed by atoms with E-state index in [9.17, 15) is 9.90 Å². The van der Waals surface area contributed by atoms with Crippen molar-refractivity contribution in [2.24, 2.45) is 23.7 Å². The van der Waals surface area contributed by atoms with Crippen LogP contribution < -0.4 is 4.90 Å². The van der Waals surface area contributed by atoms with Crippen molar-refractivity contribution < 1.29 is 14.5 Å². The number of rotatable bonds is 29. The predicted molar refractivity (Wildman–Crippen MR) is 291 cm³/mol. The third kappa shape index (κ3) is 15.4. The van der Waals surface area contributed by atoms with E-state index in [4.69, 9.17) is 0 Å².